The van der Waals surface area contributed by atoms with E-state index in [1.807, 2.05) is 18.2 Å². The Bertz CT molecular complexity index is 801. The summed E-state index contributed by atoms with van der Waals surface area (Å²) in [6.45, 7) is 11.7. The molecule has 0 aromatic heterocycles. The molecule has 3 rings (SSSR count). The Balaban J connectivity index is 1.38. The normalized spacial score (nSPS) is 16.2. The van der Waals surface area contributed by atoms with Gasteiger partial charge >= 0.3 is 0 Å². The highest BCUT2D eigenvalue weighted by Gasteiger charge is 2.18. The Morgan fingerprint density at radius 1 is 0.966 bits per heavy atom. The summed E-state index contributed by atoms with van der Waals surface area (Å²) < 4.78 is 0. The second-order valence-corrected chi connectivity index (χ2v) is 8.70. The molecule has 2 aromatic carbocycles. The van der Waals surface area contributed by atoms with Crippen LogP contribution in [0.4, 0.5) is 0 Å². The summed E-state index contributed by atoms with van der Waals surface area (Å²) in [6.07, 6.45) is 1.70. The molecule has 1 fully saturated rings. The van der Waals surface area contributed by atoms with Crippen molar-refractivity contribution < 1.29 is 4.79 Å². The van der Waals surface area contributed by atoms with Crippen LogP contribution in [0.3, 0.4) is 0 Å². The fraction of sp³-hybridized carbons (Fsp3) is 0.417. The molecular weight excluding hydrogens is 360 g/mol. The summed E-state index contributed by atoms with van der Waals surface area (Å²) in [5, 5.41) is 4.11. The van der Waals surface area contributed by atoms with E-state index in [0.717, 1.165) is 38.3 Å². The quantitative estimate of drug-likeness (QED) is 0.606. The molecular formula is C24H32N4O. The summed E-state index contributed by atoms with van der Waals surface area (Å²) in [7, 11) is 0. The van der Waals surface area contributed by atoms with Crippen molar-refractivity contribution in [2.24, 2.45) is 5.10 Å². The van der Waals surface area contributed by atoms with Gasteiger partial charge in [-0.05, 0) is 22.1 Å². The third-order valence-corrected chi connectivity index (χ3v) is 5.26. The lowest BCUT2D eigenvalue weighted by Gasteiger charge is -2.34. The van der Waals surface area contributed by atoms with E-state index in [9.17, 15) is 4.79 Å². The van der Waals surface area contributed by atoms with Gasteiger partial charge in [-0.3, -0.25) is 14.6 Å². The lowest BCUT2D eigenvalue weighted by molar-refractivity contribution is -0.122. The number of nitrogens with one attached hydrogen (secondary N) is 1. The molecule has 154 valence electrons. The third kappa shape index (κ3) is 6.80. The number of amides is 1. The first-order chi connectivity index (χ1) is 13.9. The zero-order valence-electron chi connectivity index (χ0n) is 17.8. The second-order valence-electron chi connectivity index (χ2n) is 8.70. The van der Waals surface area contributed by atoms with E-state index in [1.54, 1.807) is 6.21 Å². The number of nitrogens with zero attached hydrogens (tertiary/aromatic N) is 3. The molecule has 1 N–H and O–H groups in total. The van der Waals surface area contributed by atoms with E-state index in [0.29, 0.717) is 6.54 Å². The fourth-order valence-electron chi connectivity index (χ4n) is 3.43. The third-order valence-electron chi connectivity index (χ3n) is 5.26. The molecule has 1 amide bonds. The summed E-state index contributed by atoms with van der Waals surface area (Å²) in [6, 6.07) is 18.8. The smallest absolute Gasteiger partial charge is 0.254 e. The summed E-state index contributed by atoms with van der Waals surface area (Å²) >= 11 is 0. The number of hydrogen-bond acceptors (Lipinski definition) is 4. The standard InChI is InChI=1S/C24H32N4O/c1-24(2,3)22-11-9-20(10-12-22)17-25-26-23(29)19-28-15-13-27(14-16-28)18-21-7-5-4-6-8-21/h4-12,17H,13-16,18-19H2,1-3H3,(H,26,29)/b25-17-. The molecule has 0 aliphatic carbocycles. The molecule has 5 heteroatoms. The van der Waals surface area contributed by atoms with Crippen LogP contribution in [0.1, 0.15) is 37.5 Å². The number of hydrogen-bond donors (Lipinski definition) is 1. The predicted molar refractivity (Wildman–Crippen MR) is 119 cm³/mol. The number of rotatable bonds is 6. The lowest BCUT2D eigenvalue weighted by Crippen LogP contribution is -2.48. The van der Waals surface area contributed by atoms with Crippen molar-refractivity contribution in [3.05, 3.63) is 71.3 Å². The Morgan fingerprint density at radius 2 is 1.59 bits per heavy atom. The van der Waals surface area contributed by atoms with Gasteiger partial charge < -0.3 is 0 Å². The molecule has 1 saturated heterocycles. The molecule has 0 unspecified atom stereocenters. The summed E-state index contributed by atoms with van der Waals surface area (Å²) in [5.74, 6) is -0.0657. The average Bonchev–Trinajstić information content (AvgIpc) is 2.70. The molecule has 0 saturated carbocycles. The van der Waals surface area contributed by atoms with Crippen LogP contribution in [-0.4, -0.2) is 54.6 Å². The average molecular weight is 393 g/mol. The van der Waals surface area contributed by atoms with Crippen LogP contribution in [0.2, 0.25) is 0 Å². The predicted octanol–water partition coefficient (Wildman–Crippen LogP) is 3.25. The van der Waals surface area contributed by atoms with E-state index in [4.69, 9.17) is 0 Å². The van der Waals surface area contributed by atoms with E-state index < -0.39 is 0 Å². The Hall–Kier alpha value is -2.50. The van der Waals surface area contributed by atoms with Gasteiger partial charge in [-0.15, -0.1) is 0 Å². The van der Waals surface area contributed by atoms with Gasteiger partial charge in [-0.2, -0.15) is 5.10 Å². The molecule has 1 heterocycles. The maximum absolute atomic E-state index is 12.2. The monoisotopic (exact) mass is 392 g/mol. The minimum absolute atomic E-state index is 0.0657. The highest BCUT2D eigenvalue weighted by molar-refractivity contribution is 5.83. The summed E-state index contributed by atoms with van der Waals surface area (Å²) in [5.41, 5.74) is 6.38. The minimum Gasteiger partial charge on any atom is -0.297 e. The number of piperazine rings is 1. The highest BCUT2D eigenvalue weighted by Crippen LogP contribution is 2.21. The van der Waals surface area contributed by atoms with Gasteiger partial charge in [0.15, 0.2) is 0 Å². The van der Waals surface area contributed by atoms with Crippen LogP contribution in [0.5, 0.6) is 0 Å². The van der Waals surface area contributed by atoms with Gasteiger partial charge in [0.05, 0.1) is 12.8 Å². The molecule has 1 aliphatic rings. The van der Waals surface area contributed by atoms with Gasteiger partial charge in [0.25, 0.3) is 5.91 Å². The number of carbonyl (C=O) groups excluding carboxylic acids is 1. The van der Waals surface area contributed by atoms with Gasteiger partial charge in [-0.1, -0.05) is 75.4 Å². The molecule has 0 bridgehead atoms. The van der Waals surface area contributed by atoms with Gasteiger partial charge in [-0.25, -0.2) is 5.43 Å². The van der Waals surface area contributed by atoms with Crippen molar-refractivity contribution in [2.45, 2.75) is 32.7 Å². The summed E-state index contributed by atoms with van der Waals surface area (Å²) in [4.78, 5) is 16.8. The first-order valence-electron chi connectivity index (χ1n) is 10.3. The van der Waals surface area contributed by atoms with Crippen LogP contribution in [0, 0.1) is 0 Å². The molecule has 0 radical (unpaired) electrons. The van der Waals surface area contributed by atoms with Crippen LogP contribution in [-0.2, 0) is 16.8 Å². The maximum atomic E-state index is 12.2. The zero-order valence-corrected chi connectivity index (χ0v) is 17.8. The fourth-order valence-corrected chi connectivity index (χ4v) is 3.43. The molecule has 0 atom stereocenters. The zero-order chi connectivity index (χ0) is 20.7. The number of benzene rings is 2. The van der Waals surface area contributed by atoms with E-state index in [1.165, 1.54) is 11.1 Å². The molecule has 29 heavy (non-hydrogen) atoms. The lowest BCUT2D eigenvalue weighted by atomic mass is 9.87. The molecule has 5 nitrogen and oxygen atoms in total. The van der Waals surface area contributed by atoms with Crippen molar-refractivity contribution in [1.82, 2.24) is 15.2 Å². The highest BCUT2D eigenvalue weighted by atomic mass is 16.2. The Kier molecular flexibility index (Phi) is 7.18. The van der Waals surface area contributed by atoms with Gasteiger partial charge in [0.1, 0.15) is 0 Å². The molecule has 0 spiro atoms. The van der Waals surface area contributed by atoms with E-state index in [-0.39, 0.29) is 11.3 Å². The SMILES string of the molecule is CC(C)(C)c1ccc(/C=N\NC(=O)CN2CCN(Cc3ccccc3)CC2)cc1. The number of carbonyl (C=O) groups is 1. The maximum Gasteiger partial charge on any atom is 0.254 e. The van der Waals surface area contributed by atoms with Gasteiger partial charge in [0.2, 0.25) is 0 Å². The van der Waals surface area contributed by atoms with Crippen LogP contribution in [0.25, 0.3) is 0 Å². The van der Waals surface area contributed by atoms with E-state index >= 15 is 0 Å². The van der Waals surface area contributed by atoms with Gasteiger partial charge in [0, 0.05) is 32.7 Å². The van der Waals surface area contributed by atoms with Crippen LogP contribution >= 0.6 is 0 Å². The number of hydrazone groups is 1. The van der Waals surface area contributed by atoms with Crippen molar-refractivity contribution in [3.63, 3.8) is 0 Å². The van der Waals surface area contributed by atoms with Crippen molar-refractivity contribution >= 4 is 12.1 Å². The minimum atomic E-state index is -0.0657. The largest absolute Gasteiger partial charge is 0.297 e. The second kappa shape index (κ2) is 9.81. The topological polar surface area (TPSA) is 47.9 Å². The van der Waals surface area contributed by atoms with Crippen molar-refractivity contribution in [2.75, 3.05) is 32.7 Å². The Labute approximate surface area is 174 Å². The van der Waals surface area contributed by atoms with E-state index in [2.05, 4.69) is 77.5 Å². The Morgan fingerprint density at radius 3 is 2.21 bits per heavy atom. The first-order valence-corrected chi connectivity index (χ1v) is 10.3. The first kappa shape index (κ1) is 21.2. The molecule has 2 aromatic rings. The molecule has 1 aliphatic heterocycles. The van der Waals surface area contributed by atoms with Crippen molar-refractivity contribution in [1.29, 1.82) is 0 Å². The van der Waals surface area contributed by atoms with Crippen LogP contribution < -0.4 is 5.43 Å². The van der Waals surface area contributed by atoms with Crippen molar-refractivity contribution in [3.8, 4) is 0 Å². The van der Waals surface area contributed by atoms with Crippen LogP contribution in [0.15, 0.2) is 59.7 Å².